The normalized spacial score (nSPS) is 17.0. The van der Waals surface area contributed by atoms with Gasteiger partial charge in [0.15, 0.2) is 0 Å². The topological polar surface area (TPSA) is 138 Å². The van der Waals surface area contributed by atoms with Crippen molar-refractivity contribution in [2.24, 2.45) is 5.73 Å². The number of esters is 1. The Morgan fingerprint density at radius 2 is 2.11 bits per heavy atom. The van der Waals surface area contributed by atoms with Crippen molar-refractivity contribution in [2.45, 2.75) is 31.8 Å². The second-order valence-electron chi connectivity index (χ2n) is 6.26. The number of carbonyl (C=O) groups is 3. The van der Waals surface area contributed by atoms with Crippen LogP contribution in [-0.2, 0) is 14.3 Å². The number of amides is 3. The Kier molecular flexibility index (Phi) is 7.14. The standard InChI is InChI=1S/C19H25N5O4/c1-3-13(11-16(25)28-4-2)22-19(27)23-15-9-10-24(18(15)26)14-7-5-12(6-8-14)17(20)21/h3,5-8,13,15H,1,4,9-11H2,2H3,(H3,20,21)(H2,22,23,27). The quantitative estimate of drug-likeness (QED) is 0.227. The second-order valence-corrected chi connectivity index (χ2v) is 6.26. The molecule has 3 amide bonds. The van der Waals surface area contributed by atoms with Crippen molar-refractivity contribution in [1.29, 1.82) is 5.41 Å². The number of anilines is 1. The molecule has 0 aliphatic carbocycles. The molecule has 0 radical (unpaired) electrons. The van der Waals surface area contributed by atoms with Gasteiger partial charge in [0.2, 0.25) is 5.91 Å². The van der Waals surface area contributed by atoms with Crippen molar-refractivity contribution >= 4 is 29.4 Å². The number of nitrogens with two attached hydrogens (primary N) is 1. The fourth-order valence-corrected chi connectivity index (χ4v) is 2.85. The maximum Gasteiger partial charge on any atom is 0.315 e. The largest absolute Gasteiger partial charge is 0.466 e. The zero-order valence-corrected chi connectivity index (χ0v) is 15.7. The highest BCUT2D eigenvalue weighted by Gasteiger charge is 2.33. The summed E-state index contributed by atoms with van der Waals surface area (Å²) in [7, 11) is 0. The predicted octanol–water partition coefficient (Wildman–Crippen LogP) is 0.883. The fourth-order valence-electron chi connectivity index (χ4n) is 2.85. The van der Waals surface area contributed by atoms with Gasteiger partial charge in [0.1, 0.15) is 11.9 Å². The average molecular weight is 387 g/mol. The van der Waals surface area contributed by atoms with Gasteiger partial charge in [0.25, 0.3) is 0 Å². The highest BCUT2D eigenvalue weighted by molar-refractivity contribution is 6.02. The minimum Gasteiger partial charge on any atom is -0.466 e. The molecule has 150 valence electrons. The van der Waals surface area contributed by atoms with Gasteiger partial charge in [-0.2, -0.15) is 0 Å². The summed E-state index contributed by atoms with van der Waals surface area (Å²) >= 11 is 0. The first-order valence-electron chi connectivity index (χ1n) is 8.96. The van der Waals surface area contributed by atoms with Gasteiger partial charge in [-0.1, -0.05) is 6.08 Å². The van der Waals surface area contributed by atoms with Crippen LogP contribution in [0.3, 0.4) is 0 Å². The third-order valence-electron chi connectivity index (χ3n) is 4.29. The van der Waals surface area contributed by atoms with Gasteiger partial charge in [0, 0.05) is 17.8 Å². The molecule has 0 saturated carbocycles. The van der Waals surface area contributed by atoms with E-state index in [2.05, 4.69) is 17.2 Å². The Labute approximate surface area is 163 Å². The minimum atomic E-state index is -0.666. The third-order valence-corrected chi connectivity index (χ3v) is 4.29. The van der Waals surface area contributed by atoms with E-state index < -0.39 is 24.1 Å². The molecule has 1 saturated heterocycles. The molecule has 9 nitrogen and oxygen atoms in total. The van der Waals surface area contributed by atoms with E-state index in [1.54, 1.807) is 36.1 Å². The smallest absolute Gasteiger partial charge is 0.315 e. The highest BCUT2D eigenvalue weighted by Crippen LogP contribution is 2.22. The van der Waals surface area contributed by atoms with Crippen LogP contribution >= 0.6 is 0 Å². The summed E-state index contributed by atoms with van der Waals surface area (Å²) in [6.45, 7) is 6.01. The first-order chi connectivity index (χ1) is 13.3. The first kappa shape index (κ1) is 20.9. The Hall–Kier alpha value is -3.36. The lowest BCUT2D eigenvalue weighted by Gasteiger charge is -2.19. The number of nitrogens with one attached hydrogen (secondary N) is 3. The molecule has 1 fully saturated rings. The van der Waals surface area contributed by atoms with Crippen LogP contribution in [0.2, 0.25) is 0 Å². The number of benzene rings is 1. The molecule has 1 heterocycles. The number of urea groups is 1. The van der Waals surface area contributed by atoms with E-state index in [1.807, 2.05) is 0 Å². The molecule has 1 aliphatic heterocycles. The average Bonchev–Trinajstić information content (AvgIpc) is 3.01. The van der Waals surface area contributed by atoms with Gasteiger partial charge < -0.3 is 26.0 Å². The van der Waals surface area contributed by atoms with Crippen LogP contribution in [-0.4, -0.2) is 49.0 Å². The van der Waals surface area contributed by atoms with Crippen LogP contribution in [0.4, 0.5) is 10.5 Å². The van der Waals surface area contributed by atoms with Crippen LogP contribution in [0.15, 0.2) is 36.9 Å². The van der Waals surface area contributed by atoms with Gasteiger partial charge in [-0.3, -0.25) is 15.0 Å². The Morgan fingerprint density at radius 3 is 2.68 bits per heavy atom. The van der Waals surface area contributed by atoms with E-state index in [0.717, 1.165) is 0 Å². The zero-order chi connectivity index (χ0) is 20.7. The van der Waals surface area contributed by atoms with Crippen LogP contribution in [0.1, 0.15) is 25.3 Å². The highest BCUT2D eigenvalue weighted by atomic mass is 16.5. The molecule has 5 N–H and O–H groups in total. The van der Waals surface area contributed by atoms with Crippen LogP contribution < -0.4 is 21.3 Å². The molecule has 9 heteroatoms. The molecule has 2 atom stereocenters. The van der Waals surface area contributed by atoms with E-state index in [-0.39, 0.29) is 24.8 Å². The van der Waals surface area contributed by atoms with Crippen molar-refractivity contribution in [1.82, 2.24) is 10.6 Å². The molecule has 0 aromatic heterocycles. The molecule has 1 aromatic rings. The Bertz CT molecular complexity index is 762. The lowest BCUT2D eigenvalue weighted by Crippen LogP contribution is -2.49. The maximum absolute atomic E-state index is 12.6. The summed E-state index contributed by atoms with van der Waals surface area (Å²) in [5, 5.41) is 12.6. The summed E-state index contributed by atoms with van der Waals surface area (Å²) < 4.78 is 4.85. The van der Waals surface area contributed by atoms with E-state index in [1.165, 1.54) is 6.08 Å². The number of hydrogen-bond donors (Lipinski definition) is 4. The number of amidine groups is 1. The number of rotatable bonds is 8. The van der Waals surface area contributed by atoms with Gasteiger partial charge in [-0.05, 0) is 37.6 Å². The van der Waals surface area contributed by atoms with Crippen LogP contribution in [0.5, 0.6) is 0 Å². The Morgan fingerprint density at radius 1 is 1.43 bits per heavy atom. The van der Waals surface area contributed by atoms with Crippen molar-refractivity contribution in [2.75, 3.05) is 18.1 Å². The number of carbonyl (C=O) groups excluding carboxylic acids is 3. The van der Waals surface area contributed by atoms with E-state index in [0.29, 0.717) is 24.2 Å². The van der Waals surface area contributed by atoms with Gasteiger partial charge >= 0.3 is 12.0 Å². The lowest BCUT2D eigenvalue weighted by atomic mass is 10.2. The number of hydrogen-bond acceptors (Lipinski definition) is 5. The van der Waals surface area contributed by atoms with E-state index in [9.17, 15) is 14.4 Å². The molecule has 0 bridgehead atoms. The minimum absolute atomic E-state index is 0.0298. The zero-order valence-electron chi connectivity index (χ0n) is 15.7. The Balaban J connectivity index is 1.91. The SMILES string of the molecule is C=CC(CC(=O)OCC)NC(=O)NC1CCN(c2ccc(C(=N)N)cc2)C1=O. The molecule has 2 rings (SSSR count). The molecule has 2 unspecified atom stereocenters. The second kappa shape index (κ2) is 9.54. The monoisotopic (exact) mass is 387 g/mol. The summed E-state index contributed by atoms with van der Waals surface area (Å²) in [6.07, 6.45) is 1.87. The number of nitrogen functional groups attached to an aromatic ring is 1. The fraction of sp³-hybridized carbons (Fsp3) is 0.368. The molecule has 1 aliphatic rings. The van der Waals surface area contributed by atoms with Crippen molar-refractivity contribution in [3.63, 3.8) is 0 Å². The van der Waals surface area contributed by atoms with Crippen molar-refractivity contribution in [3.8, 4) is 0 Å². The molecule has 1 aromatic carbocycles. The lowest BCUT2D eigenvalue weighted by molar-refractivity contribution is -0.143. The summed E-state index contributed by atoms with van der Waals surface area (Å²) in [4.78, 5) is 37.9. The summed E-state index contributed by atoms with van der Waals surface area (Å²) in [6, 6.07) is 4.95. The van der Waals surface area contributed by atoms with Crippen molar-refractivity contribution < 1.29 is 19.1 Å². The van der Waals surface area contributed by atoms with Crippen LogP contribution in [0, 0.1) is 5.41 Å². The molecular formula is C19H25N5O4. The predicted molar refractivity (Wildman–Crippen MR) is 105 cm³/mol. The number of ether oxygens (including phenoxy) is 1. The number of nitrogens with zero attached hydrogens (tertiary/aromatic N) is 1. The molecule has 0 spiro atoms. The van der Waals surface area contributed by atoms with Gasteiger partial charge in [-0.25, -0.2) is 4.79 Å². The van der Waals surface area contributed by atoms with Crippen LogP contribution in [0.25, 0.3) is 0 Å². The third kappa shape index (κ3) is 5.32. The summed E-state index contributed by atoms with van der Waals surface area (Å²) in [5.74, 6) is -0.716. The van der Waals surface area contributed by atoms with Crippen molar-refractivity contribution in [3.05, 3.63) is 42.5 Å². The van der Waals surface area contributed by atoms with E-state index in [4.69, 9.17) is 15.9 Å². The summed E-state index contributed by atoms with van der Waals surface area (Å²) in [5.41, 5.74) is 6.67. The first-order valence-corrected chi connectivity index (χ1v) is 8.96. The van der Waals surface area contributed by atoms with E-state index >= 15 is 0 Å². The van der Waals surface area contributed by atoms with Gasteiger partial charge in [-0.15, -0.1) is 6.58 Å². The van der Waals surface area contributed by atoms with Gasteiger partial charge in [0.05, 0.1) is 19.1 Å². The molecule has 28 heavy (non-hydrogen) atoms. The molecular weight excluding hydrogens is 362 g/mol. The maximum atomic E-state index is 12.6.